The first kappa shape index (κ1) is 15.6. The van der Waals surface area contributed by atoms with Gasteiger partial charge in [-0.05, 0) is 17.7 Å². The fraction of sp³-hybridized carbons (Fsp3) is 0.538. The van der Waals surface area contributed by atoms with Crippen molar-refractivity contribution in [2.24, 2.45) is 0 Å². The van der Waals surface area contributed by atoms with Crippen LogP contribution in [0.4, 0.5) is 5.69 Å². The number of benzene rings is 1. The number of hydrogen-bond donors (Lipinski definition) is 5. The average molecular weight is 301 g/mol. The molecule has 1 heterocycles. The Morgan fingerprint density at radius 3 is 2.30 bits per heavy atom. The van der Waals surface area contributed by atoms with Gasteiger partial charge >= 0.3 is 0 Å². The van der Waals surface area contributed by atoms with E-state index in [2.05, 4.69) is 0 Å². The van der Waals surface area contributed by atoms with Gasteiger partial charge in [-0.3, -0.25) is 0 Å². The zero-order valence-corrected chi connectivity index (χ0v) is 11.6. The second-order valence-corrected chi connectivity index (χ2v) is 5.84. The summed E-state index contributed by atoms with van der Waals surface area (Å²) in [5.74, 6) is 0.559. The van der Waals surface area contributed by atoms with Gasteiger partial charge in [-0.15, -0.1) is 11.8 Å². The molecular weight excluding hydrogens is 282 g/mol. The molecular formula is C13H19NO5S. The molecule has 1 aliphatic rings. The van der Waals surface area contributed by atoms with Crippen LogP contribution in [0.25, 0.3) is 0 Å². The molecule has 0 radical (unpaired) electrons. The lowest BCUT2D eigenvalue weighted by atomic mass is 10.0. The van der Waals surface area contributed by atoms with E-state index in [0.717, 1.165) is 5.56 Å². The Bertz CT molecular complexity index is 427. The van der Waals surface area contributed by atoms with Crippen molar-refractivity contribution in [3.05, 3.63) is 29.8 Å². The summed E-state index contributed by atoms with van der Waals surface area (Å²) in [5.41, 5.74) is 6.57. The molecule has 6 N–H and O–H groups in total. The number of anilines is 1. The zero-order valence-electron chi connectivity index (χ0n) is 10.8. The molecule has 5 atom stereocenters. The van der Waals surface area contributed by atoms with Gasteiger partial charge in [0.05, 0.1) is 6.61 Å². The van der Waals surface area contributed by atoms with Crippen LogP contribution in [0.2, 0.25) is 0 Å². The number of nitrogens with two attached hydrogens (primary N) is 1. The maximum Gasteiger partial charge on any atom is 0.132 e. The Hall–Kier alpha value is -0.830. The van der Waals surface area contributed by atoms with Gasteiger partial charge in [0.1, 0.15) is 29.9 Å². The van der Waals surface area contributed by atoms with E-state index in [-0.39, 0.29) is 0 Å². The first-order valence-electron chi connectivity index (χ1n) is 6.29. The standard InChI is InChI=1S/C13H19NO5S/c14-8-3-1-7(2-4-8)6-20-13-12(18)11(17)10(16)9(5-15)19-13/h1-4,9-13,15-18H,5-6,14H2/t9?,10-,11?,12?,13-/m0/s1. The van der Waals surface area contributed by atoms with Gasteiger partial charge in [-0.2, -0.15) is 0 Å². The Morgan fingerprint density at radius 2 is 1.70 bits per heavy atom. The predicted octanol–water partition coefficient (Wildman–Crippen LogP) is -0.698. The largest absolute Gasteiger partial charge is 0.399 e. The van der Waals surface area contributed by atoms with Crippen molar-refractivity contribution in [3.8, 4) is 0 Å². The van der Waals surface area contributed by atoms with E-state index < -0.39 is 36.5 Å². The highest BCUT2D eigenvalue weighted by Crippen LogP contribution is 2.30. The average Bonchev–Trinajstić information content (AvgIpc) is 2.46. The van der Waals surface area contributed by atoms with Crippen LogP contribution in [0.3, 0.4) is 0 Å². The molecule has 0 aromatic heterocycles. The molecule has 1 aromatic carbocycles. The van der Waals surface area contributed by atoms with Crippen LogP contribution in [0.15, 0.2) is 24.3 Å². The lowest BCUT2D eigenvalue weighted by molar-refractivity contribution is -0.205. The predicted molar refractivity (Wildman–Crippen MR) is 75.9 cm³/mol. The third kappa shape index (κ3) is 3.43. The fourth-order valence-corrected chi connectivity index (χ4v) is 3.13. The molecule has 1 aliphatic heterocycles. The normalized spacial score (nSPS) is 34.1. The summed E-state index contributed by atoms with van der Waals surface area (Å²) < 4.78 is 5.40. The first-order chi connectivity index (χ1) is 9.52. The van der Waals surface area contributed by atoms with E-state index in [1.807, 2.05) is 12.1 Å². The molecule has 0 saturated carbocycles. The summed E-state index contributed by atoms with van der Waals surface area (Å²) in [7, 11) is 0. The van der Waals surface area contributed by atoms with Crippen molar-refractivity contribution in [1.29, 1.82) is 0 Å². The van der Waals surface area contributed by atoms with Crippen molar-refractivity contribution in [3.63, 3.8) is 0 Å². The molecule has 0 spiro atoms. The van der Waals surface area contributed by atoms with E-state index in [0.29, 0.717) is 11.4 Å². The van der Waals surface area contributed by atoms with Gasteiger partial charge in [0.25, 0.3) is 0 Å². The molecule has 1 saturated heterocycles. The minimum absolute atomic E-state index is 0.413. The number of aliphatic hydroxyl groups is 4. The van der Waals surface area contributed by atoms with Gasteiger partial charge in [-0.1, -0.05) is 12.1 Å². The molecule has 20 heavy (non-hydrogen) atoms. The Kier molecular flexibility index (Phi) is 5.25. The summed E-state index contributed by atoms with van der Waals surface area (Å²) in [6, 6.07) is 7.30. The maximum atomic E-state index is 9.89. The van der Waals surface area contributed by atoms with Gasteiger partial charge in [0, 0.05) is 11.4 Å². The number of thioether (sulfide) groups is 1. The molecule has 6 nitrogen and oxygen atoms in total. The number of rotatable bonds is 4. The van der Waals surface area contributed by atoms with Gasteiger partial charge in [0.15, 0.2) is 0 Å². The number of ether oxygens (including phenoxy) is 1. The second kappa shape index (κ2) is 6.75. The van der Waals surface area contributed by atoms with Crippen molar-refractivity contribution in [2.45, 2.75) is 35.6 Å². The van der Waals surface area contributed by atoms with E-state index in [4.69, 9.17) is 15.6 Å². The second-order valence-electron chi connectivity index (χ2n) is 4.75. The van der Waals surface area contributed by atoms with Crippen LogP contribution < -0.4 is 5.73 Å². The van der Waals surface area contributed by atoms with Crippen LogP contribution in [0.5, 0.6) is 0 Å². The number of hydrogen-bond acceptors (Lipinski definition) is 7. The number of aliphatic hydroxyl groups excluding tert-OH is 4. The van der Waals surface area contributed by atoms with Crippen molar-refractivity contribution >= 4 is 17.4 Å². The van der Waals surface area contributed by atoms with Gasteiger partial charge in [-0.25, -0.2) is 0 Å². The van der Waals surface area contributed by atoms with Crippen LogP contribution in [0.1, 0.15) is 5.56 Å². The zero-order chi connectivity index (χ0) is 14.7. The Labute approximate surface area is 121 Å². The summed E-state index contributed by atoms with van der Waals surface area (Å²) in [6.07, 6.45) is -4.71. The van der Waals surface area contributed by atoms with Crippen molar-refractivity contribution in [2.75, 3.05) is 12.3 Å². The van der Waals surface area contributed by atoms with Crippen LogP contribution in [-0.2, 0) is 10.5 Å². The molecule has 0 amide bonds. The smallest absolute Gasteiger partial charge is 0.132 e. The Morgan fingerprint density at radius 1 is 1.05 bits per heavy atom. The highest BCUT2D eigenvalue weighted by molar-refractivity contribution is 7.99. The molecule has 0 aliphatic carbocycles. The van der Waals surface area contributed by atoms with E-state index in [9.17, 15) is 15.3 Å². The van der Waals surface area contributed by atoms with Crippen LogP contribution in [0, 0.1) is 0 Å². The quantitative estimate of drug-likeness (QED) is 0.467. The molecule has 1 fully saturated rings. The molecule has 3 unspecified atom stereocenters. The molecule has 2 rings (SSSR count). The molecule has 7 heteroatoms. The van der Waals surface area contributed by atoms with Crippen LogP contribution >= 0.6 is 11.8 Å². The Balaban J connectivity index is 1.95. The third-order valence-electron chi connectivity index (χ3n) is 3.24. The minimum Gasteiger partial charge on any atom is -0.399 e. The van der Waals surface area contributed by atoms with Crippen LogP contribution in [-0.4, -0.2) is 56.9 Å². The van der Waals surface area contributed by atoms with E-state index >= 15 is 0 Å². The molecule has 0 bridgehead atoms. The maximum absolute atomic E-state index is 9.89. The van der Waals surface area contributed by atoms with Crippen molar-refractivity contribution < 1.29 is 25.2 Å². The highest BCUT2D eigenvalue weighted by Gasteiger charge is 2.43. The van der Waals surface area contributed by atoms with Gasteiger partial charge < -0.3 is 30.9 Å². The lowest BCUT2D eigenvalue weighted by Crippen LogP contribution is -2.57. The summed E-state index contributed by atoms with van der Waals surface area (Å²) in [6.45, 7) is -0.413. The van der Waals surface area contributed by atoms with Crippen molar-refractivity contribution in [1.82, 2.24) is 0 Å². The monoisotopic (exact) mass is 301 g/mol. The highest BCUT2D eigenvalue weighted by atomic mass is 32.2. The van der Waals surface area contributed by atoms with Gasteiger partial charge in [0.2, 0.25) is 0 Å². The minimum atomic E-state index is -1.33. The fourth-order valence-electron chi connectivity index (χ4n) is 2.00. The van der Waals surface area contributed by atoms with E-state index in [1.54, 1.807) is 12.1 Å². The topological polar surface area (TPSA) is 116 Å². The SMILES string of the molecule is Nc1ccc(CS[C@@H]2OC(CO)[C@H](O)C(O)C2O)cc1. The van der Waals surface area contributed by atoms with E-state index in [1.165, 1.54) is 11.8 Å². The summed E-state index contributed by atoms with van der Waals surface area (Å²) in [4.78, 5) is 0. The number of nitrogen functional groups attached to an aromatic ring is 1. The summed E-state index contributed by atoms with van der Waals surface area (Å²) >= 11 is 1.29. The molecule has 112 valence electrons. The summed E-state index contributed by atoms with van der Waals surface area (Å²) in [5, 5.41) is 38.3. The first-order valence-corrected chi connectivity index (χ1v) is 7.34. The lowest BCUT2D eigenvalue weighted by Gasteiger charge is -2.39. The molecule has 1 aromatic rings. The third-order valence-corrected chi connectivity index (χ3v) is 4.46.